The number of rotatable bonds is 8. The van der Waals surface area contributed by atoms with E-state index in [0.29, 0.717) is 5.56 Å². The summed E-state index contributed by atoms with van der Waals surface area (Å²) in [7, 11) is -2.90. The van der Waals surface area contributed by atoms with E-state index in [1.54, 1.807) is 24.3 Å². The maximum atomic E-state index is 13.2. The second-order valence-electron chi connectivity index (χ2n) is 7.33. The van der Waals surface area contributed by atoms with Crippen LogP contribution in [0.5, 0.6) is 11.5 Å². The summed E-state index contributed by atoms with van der Waals surface area (Å²) in [5.74, 6) is 0.268. The van der Waals surface area contributed by atoms with Crippen molar-refractivity contribution in [2.24, 2.45) is 5.10 Å². The van der Waals surface area contributed by atoms with Gasteiger partial charge in [-0.05, 0) is 35.0 Å². The van der Waals surface area contributed by atoms with Gasteiger partial charge in [0, 0.05) is 17.7 Å². The van der Waals surface area contributed by atoms with Crippen LogP contribution in [-0.4, -0.2) is 31.8 Å². The maximum absolute atomic E-state index is 13.2. The molecule has 0 spiro atoms. The molecule has 0 aromatic heterocycles. The fraction of sp³-hybridized carbons (Fsp3) is 0.0417. The zero-order chi connectivity index (χ0) is 25.0. The number of anilines is 2. The van der Waals surface area contributed by atoms with Crippen molar-refractivity contribution < 1.29 is 23.2 Å². The van der Waals surface area contributed by atoms with Gasteiger partial charge in [0.2, 0.25) is 0 Å². The SMILES string of the molecule is COc1ccccc1NS(=O)(=O)c1cc([N+](=O)[O-])ccc1NN=Cc1c(O)ccc2ccccc12. The van der Waals surface area contributed by atoms with Crippen molar-refractivity contribution in [1.82, 2.24) is 0 Å². The van der Waals surface area contributed by atoms with Gasteiger partial charge in [-0.25, -0.2) is 8.42 Å². The molecule has 0 radical (unpaired) electrons. The van der Waals surface area contributed by atoms with Crippen molar-refractivity contribution >= 4 is 44.1 Å². The van der Waals surface area contributed by atoms with Gasteiger partial charge in [-0.15, -0.1) is 0 Å². The Morgan fingerprint density at radius 1 is 1.00 bits per heavy atom. The smallest absolute Gasteiger partial charge is 0.270 e. The Morgan fingerprint density at radius 3 is 2.51 bits per heavy atom. The Morgan fingerprint density at radius 2 is 1.74 bits per heavy atom. The molecular formula is C24H20N4O6S. The average Bonchev–Trinajstić information content (AvgIpc) is 2.85. The first-order valence-corrected chi connectivity index (χ1v) is 11.7. The van der Waals surface area contributed by atoms with E-state index in [1.165, 1.54) is 31.5 Å². The quantitative estimate of drug-likeness (QED) is 0.184. The molecule has 0 heterocycles. The fourth-order valence-corrected chi connectivity index (χ4v) is 4.70. The number of aromatic hydroxyl groups is 1. The van der Waals surface area contributed by atoms with Gasteiger partial charge in [-0.2, -0.15) is 5.10 Å². The number of phenolic OH excluding ortho intramolecular Hbond substituents is 1. The molecule has 0 aliphatic rings. The molecule has 4 aromatic carbocycles. The normalized spacial score (nSPS) is 11.5. The summed E-state index contributed by atoms with van der Waals surface area (Å²) in [5, 5.41) is 27.3. The molecule has 0 aliphatic carbocycles. The van der Waals surface area contributed by atoms with Crippen molar-refractivity contribution in [2.45, 2.75) is 4.90 Å². The maximum Gasteiger partial charge on any atom is 0.270 e. The highest BCUT2D eigenvalue weighted by atomic mass is 32.2. The first-order chi connectivity index (χ1) is 16.8. The Balaban J connectivity index is 1.71. The molecule has 0 unspecified atom stereocenters. The number of nitrogens with zero attached hydrogens (tertiary/aromatic N) is 2. The summed E-state index contributed by atoms with van der Waals surface area (Å²) in [6.07, 6.45) is 1.35. The molecule has 0 aliphatic heterocycles. The molecule has 4 aromatic rings. The second-order valence-corrected chi connectivity index (χ2v) is 8.98. The number of nitrogens with one attached hydrogen (secondary N) is 2. The van der Waals surface area contributed by atoms with Gasteiger partial charge in [-0.3, -0.25) is 20.3 Å². The highest BCUT2D eigenvalue weighted by Crippen LogP contribution is 2.31. The predicted octanol–water partition coefficient (Wildman–Crippen LogP) is 4.71. The van der Waals surface area contributed by atoms with Crippen LogP contribution in [0.3, 0.4) is 0 Å². The third kappa shape index (κ3) is 4.99. The van der Waals surface area contributed by atoms with Crippen LogP contribution in [0.2, 0.25) is 0 Å². The number of benzene rings is 4. The molecule has 4 rings (SSSR count). The number of nitro benzene ring substituents is 1. The lowest BCUT2D eigenvalue weighted by Crippen LogP contribution is -2.15. The molecule has 0 bridgehead atoms. The minimum Gasteiger partial charge on any atom is -0.507 e. The zero-order valence-corrected chi connectivity index (χ0v) is 19.2. The van der Waals surface area contributed by atoms with Gasteiger partial charge < -0.3 is 9.84 Å². The number of hydrogen-bond acceptors (Lipinski definition) is 8. The highest BCUT2D eigenvalue weighted by Gasteiger charge is 2.23. The number of ether oxygens (including phenoxy) is 1. The molecular weight excluding hydrogens is 472 g/mol. The molecule has 178 valence electrons. The number of nitro groups is 1. The molecule has 0 fully saturated rings. The monoisotopic (exact) mass is 492 g/mol. The third-order valence-corrected chi connectivity index (χ3v) is 6.55. The zero-order valence-electron chi connectivity index (χ0n) is 18.4. The van der Waals surface area contributed by atoms with Crippen LogP contribution in [0.1, 0.15) is 5.56 Å². The van der Waals surface area contributed by atoms with E-state index in [-0.39, 0.29) is 22.9 Å². The topological polar surface area (TPSA) is 143 Å². The van der Waals surface area contributed by atoms with Crippen LogP contribution in [-0.2, 0) is 10.0 Å². The van der Waals surface area contributed by atoms with Gasteiger partial charge in [0.1, 0.15) is 16.4 Å². The second kappa shape index (κ2) is 9.69. The van der Waals surface area contributed by atoms with Gasteiger partial charge in [-0.1, -0.05) is 42.5 Å². The molecule has 0 atom stereocenters. The Bertz CT molecular complexity index is 1550. The fourth-order valence-electron chi connectivity index (χ4n) is 3.45. The number of fused-ring (bicyclic) bond motifs is 1. The summed E-state index contributed by atoms with van der Waals surface area (Å²) in [4.78, 5) is 10.2. The minimum absolute atomic E-state index is 0.00558. The number of phenols is 1. The largest absolute Gasteiger partial charge is 0.507 e. The Labute approximate surface area is 200 Å². The summed E-state index contributed by atoms with van der Waals surface area (Å²) in [6.45, 7) is 0. The van der Waals surface area contributed by atoms with E-state index in [1.807, 2.05) is 24.3 Å². The first-order valence-electron chi connectivity index (χ1n) is 10.2. The number of sulfonamides is 1. The van der Waals surface area contributed by atoms with E-state index in [4.69, 9.17) is 4.74 Å². The standard InChI is InChI=1S/C24H20N4O6S/c1-34-23-9-5-4-8-20(23)27-35(32,33)24-14-17(28(30)31)11-12-21(24)26-25-15-19-18-7-3-2-6-16(18)10-13-22(19)29/h2-15,26-27,29H,1H3. The number of non-ortho nitro benzene ring substituents is 1. The van der Waals surface area contributed by atoms with E-state index in [2.05, 4.69) is 15.2 Å². The van der Waals surface area contributed by atoms with Crippen molar-refractivity contribution in [3.05, 3.63) is 94.5 Å². The average molecular weight is 493 g/mol. The summed E-state index contributed by atoms with van der Waals surface area (Å²) in [5.41, 5.74) is 2.80. The predicted molar refractivity (Wildman–Crippen MR) is 134 cm³/mol. The summed E-state index contributed by atoms with van der Waals surface area (Å²) in [6, 6.07) is 20.4. The van der Waals surface area contributed by atoms with Crippen LogP contribution >= 0.6 is 0 Å². The van der Waals surface area contributed by atoms with Crippen molar-refractivity contribution in [3.8, 4) is 11.5 Å². The van der Waals surface area contributed by atoms with E-state index >= 15 is 0 Å². The van der Waals surface area contributed by atoms with Crippen LogP contribution < -0.4 is 14.9 Å². The first kappa shape index (κ1) is 23.5. The van der Waals surface area contributed by atoms with Crippen molar-refractivity contribution in [3.63, 3.8) is 0 Å². The number of hydrazone groups is 1. The van der Waals surface area contributed by atoms with E-state index in [0.717, 1.165) is 22.9 Å². The molecule has 35 heavy (non-hydrogen) atoms. The van der Waals surface area contributed by atoms with Crippen molar-refractivity contribution in [1.29, 1.82) is 0 Å². The number of para-hydroxylation sites is 2. The van der Waals surface area contributed by atoms with Crippen LogP contribution in [0.25, 0.3) is 10.8 Å². The molecule has 10 nitrogen and oxygen atoms in total. The summed E-state index contributed by atoms with van der Waals surface area (Å²) >= 11 is 0. The molecule has 3 N–H and O–H groups in total. The molecule has 0 saturated carbocycles. The lowest BCUT2D eigenvalue weighted by Gasteiger charge is -2.14. The lowest BCUT2D eigenvalue weighted by atomic mass is 10.0. The van der Waals surface area contributed by atoms with Crippen LogP contribution in [0, 0.1) is 10.1 Å². The summed E-state index contributed by atoms with van der Waals surface area (Å²) < 4.78 is 34.0. The third-order valence-electron chi connectivity index (χ3n) is 5.14. The highest BCUT2D eigenvalue weighted by molar-refractivity contribution is 7.93. The van der Waals surface area contributed by atoms with Crippen molar-refractivity contribution in [2.75, 3.05) is 17.3 Å². The van der Waals surface area contributed by atoms with Crippen LogP contribution in [0.15, 0.2) is 88.9 Å². The number of hydrogen-bond donors (Lipinski definition) is 3. The van der Waals surface area contributed by atoms with Crippen LogP contribution in [0.4, 0.5) is 17.1 Å². The van der Waals surface area contributed by atoms with Gasteiger partial charge in [0.15, 0.2) is 0 Å². The molecule has 0 saturated heterocycles. The van der Waals surface area contributed by atoms with Gasteiger partial charge in [0.05, 0.1) is 29.6 Å². The minimum atomic E-state index is -4.29. The molecule has 11 heteroatoms. The Kier molecular flexibility index (Phi) is 6.51. The lowest BCUT2D eigenvalue weighted by molar-refractivity contribution is -0.385. The van der Waals surface area contributed by atoms with Gasteiger partial charge >= 0.3 is 0 Å². The van der Waals surface area contributed by atoms with E-state index in [9.17, 15) is 23.6 Å². The van der Waals surface area contributed by atoms with Gasteiger partial charge in [0.25, 0.3) is 15.7 Å². The van der Waals surface area contributed by atoms with E-state index < -0.39 is 25.5 Å². The molecule has 0 amide bonds. The number of methoxy groups -OCH3 is 1. The Hall–Kier alpha value is -4.64.